The minimum absolute atomic E-state index is 0.209. The molecule has 0 saturated heterocycles. The van der Waals surface area contributed by atoms with Crippen LogP contribution in [0.4, 0.5) is 0 Å². The molecule has 6 heteroatoms. The van der Waals surface area contributed by atoms with Gasteiger partial charge in [-0.05, 0) is 0 Å². The van der Waals surface area contributed by atoms with Gasteiger partial charge in [-0.1, -0.05) is 0 Å². The van der Waals surface area contributed by atoms with Gasteiger partial charge in [0.15, 0.2) is 0 Å². The normalized spacial score (nSPS) is 18.4. The Balaban J connectivity index is 2.25. The molecule has 2 aromatic rings. The third-order valence-electron chi connectivity index (χ3n) is 6.48. The van der Waals surface area contributed by atoms with Gasteiger partial charge in [-0.25, -0.2) is 0 Å². The average Bonchev–Trinajstić information content (AvgIpc) is 2.92. The Kier molecular flexibility index (Phi) is 5.45. The molecular formula is C25H39Cl2NOSiTi. The zero-order chi connectivity index (χ0) is 23.5. The third-order valence-corrected chi connectivity index (χ3v) is 21.9. The van der Waals surface area contributed by atoms with E-state index in [1.165, 1.54) is 22.3 Å². The van der Waals surface area contributed by atoms with Crippen LogP contribution >= 0.6 is 18.6 Å². The van der Waals surface area contributed by atoms with Crippen LogP contribution in [0, 0.1) is 0 Å². The number of hydrogen-bond acceptors (Lipinski definition) is 2. The fourth-order valence-corrected chi connectivity index (χ4v) is 24.0. The van der Waals surface area contributed by atoms with Gasteiger partial charge in [0.2, 0.25) is 0 Å². The molecule has 1 N–H and O–H groups in total. The van der Waals surface area contributed by atoms with E-state index in [-0.39, 0.29) is 9.76 Å². The van der Waals surface area contributed by atoms with E-state index in [1.54, 1.807) is 0 Å². The van der Waals surface area contributed by atoms with Gasteiger partial charge in [0.25, 0.3) is 0 Å². The Bertz CT molecular complexity index is 1090. The van der Waals surface area contributed by atoms with E-state index in [0.717, 1.165) is 6.42 Å². The van der Waals surface area contributed by atoms with Crippen molar-refractivity contribution in [3.8, 4) is 11.1 Å². The maximum atomic E-state index is 8.08. The van der Waals surface area contributed by atoms with Gasteiger partial charge in [0.1, 0.15) is 0 Å². The van der Waals surface area contributed by atoms with Crippen molar-refractivity contribution in [3.63, 3.8) is 0 Å². The van der Waals surface area contributed by atoms with Crippen LogP contribution in [-0.2, 0) is 14.8 Å². The van der Waals surface area contributed by atoms with Crippen molar-refractivity contribution in [1.29, 1.82) is 0 Å². The van der Waals surface area contributed by atoms with E-state index < -0.39 is 18.7 Å². The summed E-state index contributed by atoms with van der Waals surface area (Å²) in [7, 11) is 8.73. The van der Waals surface area contributed by atoms with Gasteiger partial charge in [-0.3, -0.25) is 0 Å². The molecule has 0 radical (unpaired) electrons. The van der Waals surface area contributed by atoms with Gasteiger partial charge in [-0.15, -0.1) is 0 Å². The van der Waals surface area contributed by atoms with E-state index >= 15 is 0 Å². The summed E-state index contributed by atoms with van der Waals surface area (Å²) in [6, 6.07) is 17.0. The van der Waals surface area contributed by atoms with Crippen molar-refractivity contribution in [2.75, 3.05) is 6.61 Å². The zero-order valence-corrected chi connectivity index (χ0v) is 24.3. The van der Waals surface area contributed by atoms with Crippen LogP contribution in [0.1, 0.15) is 42.5 Å². The summed E-state index contributed by atoms with van der Waals surface area (Å²) in [6.45, 7) is 13.6. The van der Waals surface area contributed by atoms with Crippen molar-refractivity contribution < 1.29 is 14.8 Å². The summed E-state index contributed by atoms with van der Waals surface area (Å²) < 4.78 is 10.4. The first kappa shape index (κ1) is 25.4. The van der Waals surface area contributed by atoms with Gasteiger partial charge >= 0.3 is 194 Å². The molecule has 0 amide bonds. The Morgan fingerprint density at radius 2 is 1.42 bits per heavy atom. The number of fused-ring (bicyclic) bond motifs is 3. The van der Waals surface area contributed by atoms with Crippen molar-refractivity contribution in [1.82, 2.24) is 3.80 Å². The van der Waals surface area contributed by atoms with E-state index in [0.29, 0.717) is 11.3 Å². The molecule has 0 aliphatic heterocycles. The second kappa shape index (κ2) is 6.66. The van der Waals surface area contributed by atoms with Crippen molar-refractivity contribution in [2.45, 2.75) is 66.5 Å². The summed E-state index contributed by atoms with van der Waals surface area (Å²) in [5, 5.41) is 2.07. The molecule has 0 unspecified atom stereocenters. The first-order valence-corrected chi connectivity index (χ1v) is 24.5. The summed E-state index contributed by atoms with van der Waals surface area (Å²) in [5.74, 6) is 0. The zero-order valence-electron chi connectivity index (χ0n) is 20.2. The van der Waals surface area contributed by atoms with E-state index in [1.807, 2.05) is 0 Å². The number of rotatable bonds is 7. The van der Waals surface area contributed by atoms with Gasteiger partial charge < -0.3 is 0 Å². The molecular weight excluding hydrogens is 477 g/mol. The predicted molar refractivity (Wildman–Crippen MR) is 140 cm³/mol. The standard InChI is InChI=1S/C13H9.C6H15OSi.C4H10N.CH3.CH2.2ClH.Ti/c1-3-7-12-10(5-1)9-11-6-2-4-8-13(11)12;1-5-6-7-8(2,3)4;1-4(2,3)5;;;;;/h1-9H;1,5-6H2,2-4H3;5H,1-3H3;1H3;1H2;2*1H;/q;;-1;;;;;+3/p-2. The first-order chi connectivity index (χ1) is 13.8. The van der Waals surface area contributed by atoms with E-state index in [2.05, 4.69) is 98.0 Å². The summed E-state index contributed by atoms with van der Waals surface area (Å²) >= 11 is 0. The third kappa shape index (κ3) is 5.14. The van der Waals surface area contributed by atoms with Gasteiger partial charge in [0, 0.05) is 0 Å². The molecule has 0 atom stereocenters. The number of halogens is 2. The molecule has 0 aromatic heterocycles. The van der Waals surface area contributed by atoms with Crippen molar-refractivity contribution in [2.24, 2.45) is 0 Å². The maximum absolute atomic E-state index is 8.08. The van der Waals surface area contributed by atoms with E-state index in [9.17, 15) is 0 Å². The van der Waals surface area contributed by atoms with Crippen LogP contribution in [-0.4, -0.2) is 25.3 Å². The summed E-state index contributed by atoms with van der Waals surface area (Å²) in [4.78, 5) is 4.92. The molecule has 1 aliphatic rings. The molecule has 3 rings (SSSR count). The number of nitrogens with one attached hydrogen (secondary N) is 1. The van der Waals surface area contributed by atoms with Crippen molar-refractivity contribution >= 4 is 31.7 Å². The second-order valence-electron chi connectivity index (χ2n) is 12.8. The first-order valence-electron chi connectivity index (χ1n) is 11.3. The van der Waals surface area contributed by atoms with Gasteiger partial charge in [-0.2, -0.15) is 0 Å². The molecule has 0 saturated carbocycles. The quantitative estimate of drug-likeness (QED) is 0.296. The Morgan fingerprint density at radius 1 is 0.968 bits per heavy atom. The fraction of sp³-hybridized carbons (Fsp3) is 0.480. The average molecular weight is 516 g/mol. The fourth-order valence-electron chi connectivity index (χ4n) is 6.06. The van der Waals surface area contributed by atoms with Crippen LogP contribution in [0.25, 0.3) is 11.1 Å². The molecule has 2 aromatic carbocycles. The van der Waals surface area contributed by atoms with Crippen LogP contribution in [0.3, 0.4) is 0 Å². The van der Waals surface area contributed by atoms with Crippen LogP contribution in [0.5, 0.6) is 0 Å². The van der Waals surface area contributed by atoms with E-state index in [4.69, 9.17) is 27.9 Å². The Hall–Kier alpha value is -0.259. The van der Waals surface area contributed by atoms with Crippen LogP contribution in [0.15, 0.2) is 48.5 Å². The summed E-state index contributed by atoms with van der Waals surface area (Å²) in [5.41, 5.74) is 4.43. The molecule has 172 valence electrons. The molecule has 2 nitrogen and oxygen atoms in total. The molecule has 0 spiro atoms. The number of benzene rings is 2. The van der Waals surface area contributed by atoms with Gasteiger partial charge in [0.05, 0.1) is 0 Å². The van der Waals surface area contributed by atoms with Crippen LogP contribution < -0.4 is 3.80 Å². The SMILES string of the molecule is [CH2]=[Ti]([CH3])([Cl])([Cl])([CH2]CCO[Si](C)(C)C)([NH]C(C)(C)C)[CH]1c2ccccc2-c2ccccc21. The molecule has 31 heavy (non-hydrogen) atoms. The minimum atomic E-state index is -5.80. The molecule has 1 aliphatic carbocycles. The molecule has 0 fully saturated rings. The predicted octanol–water partition coefficient (Wildman–Crippen LogP) is 8.27. The molecule has 0 heterocycles. The number of hydrogen-bond donors (Lipinski definition) is 1. The monoisotopic (exact) mass is 515 g/mol. The van der Waals surface area contributed by atoms with Crippen molar-refractivity contribution in [3.05, 3.63) is 59.7 Å². The molecule has 0 bridgehead atoms. The Labute approximate surface area is 193 Å². The van der Waals surface area contributed by atoms with Crippen LogP contribution in [0.2, 0.25) is 29.6 Å². The topological polar surface area (TPSA) is 21.3 Å². The second-order valence-corrected chi connectivity index (χ2v) is 44.5. The Morgan fingerprint density at radius 3 is 1.84 bits per heavy atom. The summed E-state index contributed by atoms with van der Waals surface area (Å²) in [6.07, 6.45) is 0.761.